The molecule has 1 heterocycles. The predicted octanol–water partition coefficient (Wildman–Crippen LogP) is 9.43. The summed E-state index contributed by atoms with van der Waals surface area (Å²) in [5, 5.41) is 12.7. The number of thiophene rings is 1. The van der Waals surface area contributed by atoms with Crippen LogP contribution in [0.4, 0.5) is 0 Å². The van der Waals surface area contributed by atoms with Crippen molar-refractivity contribution in [3.8, 4) is 16.4 Å². The first-order valence-electron chi connectivity index (χ1n) is 9.64. The van der Waals surface area contributed by atoms with Crippen LogP contribution in [0.25, 0.3) is 25.1 Å². The molecule has 0 saturated carbocycles. The number of halogens is 4. The van der Waals surface area contributed by atoms with Gasteiger partial charge >= 0.3 is 0 Å². The minimum atomic E-state index is -0.106. The van der Waals surface area contributed by atoms with E-state index in [1.54, 1.807) is 0 Å². The van der Waals surface area contributed by atoms with E-state index >= 15 is 0 Å². The molecule has 5 rings (SSSR count). The van der Waals surface area contributed by atoms with Gasteiger partial charge in [-0.05, 0) is 157 Å². The molecule has 160 valence electrons. The van der Waals surface area contributed by atoms with Gasteiger partial charge in [0, 0.05) is 40.5 Å². The molecule has 0 fully saturated rings. The van der Waals surface area contributed by atoms with Crippen molar-refractivity contribution in [2.75, 3.05) is 0 Å². The fourth-order valence-corrected chi connectivity index (χ4v) is 8.91. The number of benzene rings is 4. The van der Waals surface area contributed by atoms with Gasteiger partial charge in [-0.25, -0.2) is 0 Å². The number of phenols is 1. The molecule has 5 aromatic rings. The van der Waals surface area contributed by atoms with Crippen LogP contribution in [0.5, 0.6) is 11.5 Å². The second-order valence-electron chi connectivity index (χ2n) is 7.26. The van der Waals surface area contributed by atoms with Crippen molar-refractivity contribution >= 4 is 121 Å². The highest BCUT2D eigenvalue weighted by Gasteiger charge is 2.24. The lowest BCUT2D eigenvalue weighted by molar-refractivity contribution is 0.306. The molecule has 1 aromatic heterocycles. The fraction of sp³-hybridized carbons (Fsp3) is 0.0400. The maximum absolute atomic E-state index is 9.96. The Labute approximate surface area is 243 Å². The molecule has 32 heavy (non-hydrogen) atoms. The van der Waals surface area contributed by atoms with E-state index in [4.69, 9.17) is 4.74 Å². The van der Waals surface area contributed by atoms with Gasteiger partial charge in [0.05, 0.1) is 7.14 Å². The Morgan fingerprint density at radius 1 is 0.688 bits per heavy atom. The minimum Gasteiger partial charge on any atom is -0.506 e. The van der Waals surface area contributed by atoms with E-state index in [0.717, 1.165) is 18.5 Å². The molecule has 0 aliphatic rings. The smallest absolute Gasteiger partial charge is 0.187 e. The number of hydrogen-bond acceptors (Lipinski definition) is 2. The number of ether oxygens (including phenoxy) is 1. The normalized spacial score (nSPS) is 11.4. The van der Waals surface area contributed by atoms with Crippen molar-refractivity contribution in [3.63, 3.8) is 0 Å². The zero-order valence-corrected chi connectivity index (χ0v) is 25.9. The van der Waals surface area contributed by atoms with Crippen LogP contribution in [-0.2, 0) is 6.61 Å². The minimum absolute atomic E-state index is 0.106. The van der Waals surface area contributed by atoms with Crippen molar-refractivity contribution in [3.05, 3.63) is 92.6 Å². The molecule has 0 bridgehead atoms. The third-order valence-electron chi connectivity index (χ3n) is 5.15. The van der Waals surface area contributed by atoms with Gasteiger partial charge in [0.15, 0.2) is 14.3 Å². The van der Waals surface area contributed by atoms with E-state index in [1.807, 2.05) is 12.1 Å². The van der Waals surface area contributed by atoms with Crippen molar-refractivity contribution in [1.82, 2.24) is 0 Å². The van der Waals surface area contributed by atoms with Gasteiger partial charge in [0.2, 0.25) is 0 Å². The molecule has 2 nitrogen and oxygen atoms in total. The fourth-order valence-electron chi connectivity index (χ4n) is 3.69. The monoisotopic (exact) mass is 887 g/mol. The van der Waals surface area contributed by atoms with Crippen molar-refractivity contribution in [2.45, 2.75) is 6.61 Å². The molecule has 0 amide bonds. The molecule has 0 unspecified atom stereocenters. The average molecular weight is 887 g/mol. The molecule has 4 aromatic carbocycles. The van der Waals surface area contributed by atoms with Gasteiger partial charge in [-0.15, -0.1) is 0 Å². The highest BCUT2D eigenvalue weighted by molar-refractivity contribution is 14.1. The topological polar surface area (TPSA) is 29.5 Å². The summed E-state index contributed by atoms with van der Waals surface area (Å²) in [5.74, 6) is 1.18. The summed E-state index contributed by atoms with van der Waals surface area (Å²) in [5.41, 5.74) is 1.05. The van der Waals surface area contributed by atoms with Crippen LogP contribution in [0.3, 0.4) is 0 Å². The third-order valence-corrected chi connectivity index (χ3v) is 10.5. The van der Waals surface area contributed by atoms with Crippen molar-refractivity contribution in [2.24, 2.45) is 0 Å². The summed E-state index contributed by atoms with van der Waals surface area (Å²) < 4.78 is 13.0. The van der Waals surface area contributed by atoms with Gasteiger partial charge in [-0.3, -0.25) is 0 Å². The molecule has 0 radical (unpaired) electrons. The van der Waals surface area contributed by atoms with Gasteiger partial charge in [-0.1, -0.05) is 0 Å². The second kappa shape index (κ2) is 9.70. The van der Waals surface area contributed by atoms with Crippen LogP contribution >= 0.6 is 101 Å². The highest BCUT2D eigenvalue weighted by Crippen LogP contribution is 2.49. The quantitative estimate of drug-likeness (QED) is 0.144. The number of fused-ring (bicyclic) bond motifs is 3. The Balaban J connectivity index is 1.49. The zero-order chi connectivity index (χ0) is 22.4. The SMILES string of the molecule is Oc1c(I)cc(COc2ccc(-[s+]3c4ccc(I)cc4c4cc(I)ccc43)cc2)cc1I. The van der Waals surface area contributed by atoms with E-state index < -0.39 is 0 Å². The Morgan fingerprint density at radius 3 is 1.75 bits per heavy atom. The number of aromatic hydroxyl groups is 1. The largest absolute Gasteiger partial charge is 0.506 e. The van der Waals surface area contributed by atoms with Gasteiger partial charge < -0.3 is 9.84 Å². The van der Waals surface area contributed by atoms with E-state index in [-0.39, 0.29) is 10.5 Å². The van der Waals surface area contributed by atoms with E-state index in [1.165, 1.54) is 32.2 Å². The Morgan fingerprint density at radius 2 is 1.22 bits per heavy atom. The maximum Gasteiger partial charge on any atom is 0.187 e. The Kier molecular flexibility index (Phi) is 7.08. The van der Waals surface area contributed by atoms with Crippen LogP contribution in [0.1, 0.15) is 5.56 Å². The van der Waals surface area contributed by atoms with E-state index in [9.17, 15) is 5.11 Å². The van der Waals surface area contributed by atoms with Gasteiger partial charge in [-0.2, -0.15) is 0 Å². The molecular formula is C25H15I4O2S+. The molecule has 0 saturated heterocycles. The molecule has 0 aliphatic carbocycles. The molecular weight excluding hydrogens is 872 g/mol. The molecule has 1 N–H and O–H groups in total. The lowest BCUT2D eigenvalue weighted by atomic mass is 10.2. The summed E-state index contributed by atoms with van der Waals surface area (Å²) in [6.45, 7) is 0.472. The summed E-state index contributed by atoms with van der Waals surface area (Å²) in [6, 6.07) is 26.0. The van der Waals surface area contributed by atoms with Crippen LogP contribution < -0.4 is 4.74 Å². The first-order valence-corrected chi connectivity index (χ1v) is 15.2. The van der Waals surface area contributed by atoms with Crippen LogP contribution in [0.15, 0.2) is 72.8 Å². The summed E-state index contributed by atoms with van der Waals surface area (Å²) in [7, 11) is -0.106. The lowest BCUT2D eigenvalue weighted by Crippen LogP contribution is -1.97. The molecule has 7 heteroatoms. The van der Waals surface area contributed by atoms with Crippen molar-refractivity contribution < 1.29 is 9.84 Å². The van der Waals surface area contributed by atoms with E-state index in [0.29, 0.717) is 12.4 Å². The highest BCUT2D eigenvalue weighted by atomic mass is 127. The predicted molar refractivity (Wildman–Crippen MR) is 169 cm³/mol. The van der Waals surface area contributed by atoms with E-state index in [2.05, 4.69) is 151 Å². The summed E-state index contributed by atoms with van der Waals surface area (Å²) in [4.78, 5) is 1.30. The molecule has 0 spiro atoms. The number of hydrogen-bond donors (Lipinski definition) is 1. The average Bonchev–Trinajstić information content (AvgIpc) is 3.09. The first kappa shape index (κ1) is 23.4. The summed E-state index contributed by atoms with van der Waals surface area (Å²) in [6.07, 6.45) is 0. The molecule has 0 atom stereocenters. The number of rotatable bonds is 4. The third kappa shape index (κ3) is 4.60. The lowest BCUT2D eigenvalue weighted by Gasteiger charge is -2.08. The molecule has 0 aliphatic heterocycles. The zero-order valence-electron chi connectivity index (χ0n) is 16.4. The van der Waals surface area contributed by atoms with Crippen molar-refractivity contribution in [1.29, 1.82) is 0 Å². The first-order chi connectivity index (χ1) is 15.4. The second-order valence-corrected chi connectivity index (χ2v) is 14.0. The van der Waals surface area contributed by atoms with Crippen LogP contribution in [0, 0.1) is 14.3 Å². The van der Waals surface area contributed by atoms with Crippen LogP contribution in [0.2, 0.25) is 0 Å². The number of phenolic OH excluding ortho intramolecular Hbond substituents is 1. The Hall–Kier alpha value is -0.380. The standard InChI is InChI=1S/C25H14I4O2S/c26-15-1-7-23-19(11-15)20-12-16(27)2-8-24(20)32(23)18-5-3-17(4-6-18)31-13-14-9-21(28)25(30)22(29)10-14/h1-12H,13H2/p+1. The maximum atomic E-state index is 9.96. The van der Waals surface area contributed by atoms with Gasteiger partial charge in [0.1, 0.15) is 18.1 Å². The summed E-state index contributed by atoms with van der Waals surface area (Å²) >= 11 is 9.09. The van der Waals surface area contributed by atoms with Gasteiger partial charge in [0.25, 0.3) is 0 Å². The van der Waals surface area contributed by atoms with Crippen LogP contribution in [-0.4, -0.2) is 5.11 Å². The Bertz CT molecular complexity index is 1390.